The van der Waals surface area contributed by atoms with Gasteiger partial charge in [0.15, 0.2) is 6.10 Å². The molecule has 4 nitrogen and oxygen atoms in total. The van der Waals surface area contributed by atoms with Crippen LogP contribution in [0.25, 0.3) is 0 Å². The Kier molecular flexibility index (Phi) is 6.21. The Labute approximate surface area is 128 Å². The highest BCUT2D eigenvalue weighted by molar-refractivity contribution is 5.81. The summed E-state index contributed by atoms with van der Waals surface area (Å²) in [5.41, 5.74) is 0.897. The van der Waals surface area contributed by atoms with E-state index < -0.39 is 6.10 Å². The quantitative estimate of drug-likeness (QED) is 0.847. The average molecular weight is 292 g/mol. The molecule has 0 aliphatic carbocycles. The third-order valence-corrected chi connectivity index (χ3v) is 3.05. The van der Waals surface area contributed by atoms with Crippen LogP contribution in [-0.4, -0.2) is 24.1 Å². The van der Waals surface area contributed by atoms with E-state index in [1.165, 1.54) is 0 Å². The number of carbonyl (C=O) groups is 1. The molecule has 0 spiro atoms. The Hall–Kier alpha value is -1.55. The van der Waals surface area contributed by atoms with Crippen LogP contribution in [0.3, 0.4) is 0 Å². The van der Waals surface area contributed by atoms with Gasteiger partial charge in [-0.1, -0.05) is 19.1 Å². The second-order valence-corrected chi connectivity index (χ2v) is 6.35. The number of rotatable bonds is 6. The summed E-state index contributed by atoms with van der Waals surface area (Å²) in [4.78, 5) is 12.0. The smallest absolute Gasteiger partial charge is 0.261 e. The molecule has 21 heavy (non-hydrogen) atoms. The maximum Gasteiger partial charge on any atom is 0.261 e. The Morgan fingerprint density at radius 2 is 1.95 bits per heavy atom. The van der Waals surface area contributed by atoms with Crippen LogP contribution in [0.1, 0.15) is 53.1 Å². The maximum absolute atomic E-state index is 12.0. The summed E-state index contributed by atoms with van der Waals surface area (Å²) in [6, 6.07) is 8.13. The van der Waals surface area contributed by atoms with E-state index in [2.05, 4.69) is 30.5 Å². The van der Waals surface area contributed by atoms with E-state index >= 15 is 0 Å². The molecule has 1 aromatic carbocycles. The second-order valence-electron chi connectivity index (χ2n) is 6.35. The minimum Gasteiger partial charge on any atom is -0.481 e. The van der Waals surface area contributed by atoms with Gasteiger partial charge in [0.2, 0.25) is 0 Å². The van der Waals surface area contributed by atoms with E-state index in [0.29, 0.717) is 5.75 Å². The molecule has 2 atom stereocenters. The zero-order chi connectivity index (χ0) is 16.0. The van der Waals surface area contributed by atoms with Crippen molar-refractivity contribution in [1.29, 1.82) is 0 Å². The highest BCUT2D eigenvalue weighted by Gasteiger charge is 2.20. The molecular formula is C17H28N2O2. The van der Waals surface area contributed by atoms with Crippen LogP contribution in [-0.2, 0) is 4.79 Å². The fourth-order valence-electron chi connectivity index (χ4n) is 2.01. The van der Waals surface area contributed by atoms with Crippen molar-refractivity contribution in [1.82, 2.24) is 10.6 Å². The molecule has 0 saturated carbocycles. The van der Waals surface area contributed by atoms with Crippen molar-refractivity contribution < 1.29 is 9.53 Å². The first-order valence-electron chi connectivity index (χ1n) is 7.55. The topological polar surface area (TPSA) is 50.4 Å². The van der Waals surface area contributed by atoms with Crippen molar-refractivity contribution in [3.05, 3.63) is 29.8 Å². The van der Waals surface area contributed by atoms with Gasteiger partial charge in [0, 0.05) is 11.6 Å². The van der Waals surface area contributed by atoms with Crippen molar-refractivity contribution in [2.24, 2.45) is 0 Å². The Morgan fingerprint density at radius 3 is 2.52 bits per heavy atom. The van der Waals surface area contributed by atoms with Gasteiger partial charge in [-0.3, -0.25) is 4.79 Å². The minimum atomic E-state index is -0.520. The Morgan fingerprint density at radius 1 is 1.29 bits per heavy atom. The number of nitrogens with one attached hydrogen (secondary N) is 2. The van der Waals surface area contributed by atoms with Crippen molar-refractivity contribution >= 4 is 5.91 Å². The number of amides is 1. The molecule has 2 unspecified atom stereocenters. The molecule has 0 aliphatic heterocycles. The van der Waals surface area contributed by atoms with Gasteiger partial charge in [0.05, 0.1) is 0 Å². The highest BCUT2D eigenvalue weighted by atomic mass is 16.5. The van der Waals surface area contributed by atoms with Crippen LogP contribution >= 0.6 is 0 Å². The van der Waals surface area contributed by atoms with Gasteiger partial charge in [-0.2, -0.15) is 0 Å². The van der Waals surface area contributed by atoms with E-state index in [1.807, 2.05) is 39.0 Å². The van der Waals surface area contributed by atoms with Crippen LogP contribution in [0.5, 0.6) is 5.75 Å². The van der Waals surface area contributed by atoms with Crippen molar-refractivity contribution in [3.63, 3.8) is 0 Å². The van der Waals surface area contributed by atoms with Gasteiger partial charge >= 0.3 is 0 Å². The largest absolute Gasteiger partial charge is 0.481 e. The fraction of sp³-hybridized carbons (Fsp3) is 0.588. The lowest BCUT2D eigenvalue weighted by molar-refractivity contribution is -0.128. The molecule has 0 bridgehead atoms. The van der Waals surface area contributed by atoms with Crippen LogP contribution in [0.4, 0.5) is 0 Å². The van der Waals surface area contributed by atoms with E-state index in [1.54, 1.807) is 6.92 Å². The highest BCUT2D eigenvalue weighted by Crippen LogP contribution is 2.20. The summed E-state index contributed by atoms with van der Waals surface area (Å²) in [5.74, 6) is 0.612. The predicted octanol–water partition coefficient (Wildman–Crippen LogP) is 3.04. The van der Waals surface area contributed by atoms with E-state index in [9.17, 15) is 4.79 Å². The molecule has 0 aliphatic rings. The summed E-state index contributed by atoms with van der Waals surface area (Å²) in [6.07, 6.45) is -0.520. The van der Waals surface area contributed by atoms with Gasteiger partial charge in [0.1, 0.15) is 5.75 Å². The number of hydrogen-bond donors (Lipinski definition) is 2. The summed E-state index contributed by atoms with van der Waals surface area (Å²) in [7, 11) is 0. The predicted molar refractivity (Wildman–Crippen MR) is 86.5 cm³/mol. The normalized spacial score (nSPS) is 14.4. The SMILES string of the molecule is CCNC(C)c1cccc(OC(C)C(=O)NC(C)(C)C)c1. The third-order valence-electron chi connectivity index (χ3n) is 3.05. The number of carbonyl (C=O) groups excluding carboxylic acids is 1. The maximum atomic E-state index is 12.0. The first-order valence-corrected chi connectivity index (χ1v) is 7.55. The lowest BCUT2D eigenvalue weighted by Gasteiger charge is -2.24. The first-order chi connectivity index (χ1) is 9.73. The molecule has 0 radical (unpaired) electrons. The van der Waals surface area contributed by atoms with Crippen LogP contribution in [0.2, 0.25) is 0 Å². The third kappa shape index (κ3) is 6.17. The molecule has 0 fully saturated rings. The molecular weight excluding hydrogens is 264 g/mol. The summed E-state index contributed by atoms with van der Waals surface area (Å²) >= 11 is 0. The van der Waals surface area contributed by atoms with Crippen LogP contribution in [0.15, 0.2) is 24.3 Å². The van der Waals surface area contributed by atoms with Gasteiger partial charge in [-0.05, 0) is 58.9 Å². The second kappa shape index (κ2) is 7.46. The van der Waals surface area contributed by atoms with E-state index in [-0.39, 0.29) is 17.5 Å². The lowest BCUT2D eigenvalue weighted by atomic mass is 10.1. The molecule has 2 N–H and O–H groups in total. The van der Waals surface area contributed by atoms with Crippen molar-refractivity contribution in [2.45, 2.75) is 59.2 Å². The molecule has 0 saturated heterocycles. The first kappa shape index (κ1) is 17.5. The summed E-state index contributed by atoms with van der Waals surface area (Å²) in [5, 5.41) is 6.28. The Balaban J connectivity index is 2.70. The Bertz CT molecular complexity index is 466. The molecule has 4 heteroatoms. The van der Waals surface area contributed by atoms with Crippen LogP contribution in [0, 0.1) is 0 Å². The van der Waals surface area contributed by atoms with Crippen LogP contribution < -0.4 is 15.4 Å². The minimum absolute atomic E-state index is 0.104. The van der Waals surface area contributed by atoms with E-state index in [0.717, 1.165) is 12.1 Å². The summed E-state index contributed by atoms with van der Waals surface area (Å²) in [6.45, 7) is 12.7. The zero-order valence-corrected chi connectivity index (χ0v) is 14.0. The monoisotopic (exact) mass is 292 g/mol. The number of benzene rings is 1. The van der Waals surface area contributed by atoms with Crippen molar-refractivity contribution in [3.8, 4) is 5.75 Å². The standard InChI is InChI=1S/C17H28N2O2/c1-7-18-12(2)14-9-8-10-15(11-14)21-13(3)16(20)19-17(4,5)6/h8-13,18H,7H2,1-6H3,(H,19,20). The molecule has 1 rings (SSSR count). The summed E-state index contributed by atoms with van der Waals surface area (Å²) < 4.78 is 5.75. The van der Waals surface area contributed by atoms with Gasteiger partial charge in [-0.25, -0.2) is 0 Å². The van der Waals surface area contributed by atoms with Crippen molar-refractivity contribution in [2.75, 3.05) is 6.54 Å². The molecule has 1 amide bonds. The van der Waals surface area contributed by atoms with Gasteiger partial charge in [-0.15, -0.1) is 0 Å². The average Bonchev–Trinajstić information content (AvgIpc) is 2.37. The lowest BCUT2D eigenvalue weighted by Crippen LogP contribution is -2.46. The fourth-order valence-corrected chi connectivity index (χ4v) is 2.01. The number of hydrogen-bond acceptors (Lipinski definition) is 3. The van der Waals surface area contributed by atoms with Gasteiger partial charge in [0.25, 0.3) is 5.91 Å². The molecule has 1 aromatic rings. The van der Waals surface area contributed by atoms with E-state index in [4.69, 9.17) is 4.74 Å². The molecule has 0 heterocycles. The number of ether oxygens (including phenoxy) is 1. The zero-order valence-electron chi connectivity index (χ0n) is 14.0. The molecule has 0 aromatic heterocycles. The molecule has 118 valence electrons. The van der Waals surface area contributed by atoms with Gasteiger partial charge < -0.3 is 15.4 Å².